The molecule has 0 saturated carbocycles. The minimum atomic E-state index is 0. The molecule has 0 aliphatic carbocycles. The minimum absolute atomic E-state index is 0. The van der Waals surface area contributed by atoms with Gasteiger partial charge in [-0.2, -0.15) is 0 Å². The van der Waals surface area contributed by atoms with Crippen LogP contribution in [-0.2, 0) is 0 Å². The molecule has 0 atom stereocenters. The minimum Gasteiger partial charge on any atom is -1.00 e. The van der Waals surface area contributed by atoms with Gasteiger partial charge >= 0.3 is 0 Å². The van der Waals surface area contributed by atoms with E-state index in [2.05, 4.69) is 32.2 Å². The molecule has 0 aromatic rings. The zero-order chi connectivity index (χ0) is 17.0. The Morgan fingerprint density at radius 2 is 1.00 bits per heavy atom. The second kappa shape index (κ2) is 23.2. The first-order valence-electron chi connectivity index (χ1n) is 10.7. The van der Waals surface area contributed by atoms with E-state index in [-0.39, 0.29) is 17.0 Å². The number of hydrogen-bond donors (Lipinski definition) is 1. The van der Waals surface area contributed by atoms with Crippen LogP contribution in [0, 0.1) is 0 Å². The third-order valence-corrected chi connectivity index (χ3v) is 4.70. The first-order chi connectivity index (χ1) is 11.3. The van der Waals surface area contributed by atoms with Crippen molar-refractivity contribution in [3.8, 4) is 0 Å². The summed E-state index contributed by atoms with van der Waals surface area (Å²) in [5.74, 6) is 0. The van der Waals surface area contributed by atoms with Gasteiger partial charge in [-0.05, 0) is 32.8 Å². The fraction of sp³-hybridized carbons (Fsp3) is 0.909. The quantitative estimate of drug-likeness (QED) is 0.266. The molecule has 0 bridgehead atoms. The first kappa shape index (κ1) is 26.4. The summed E-state index contributed by atoms with van der Waals surface area (Å²) >= 11 is 0. The van der Waals surface area contributed by atoms with Crippen molar-refractivity contribution in [3.05, 3.63) is 11.6 Å². The van der Waals surface area contributed by atoms with Crippen LogP contribution in [0.3, 0.4) is 0 Å². The Morgan fingerprint density at radius 3 is 1.38 bits per heavy atom. The van der Waals surface area contributed by atoms with Crippen LogP contribution < -0.4 is 22.3 Å². The maximum absolute atomic E-state index is 2.44. The molecule has 0 aromatic heterocycles. The van der Waals surface area contributed by atoms with E-state index < -0.39 is 0 Å². The van der Waals surface area contributed by atoms with Crippen molar-refractivity contribution in [2.45, 2.75) is 117 Å². The van der Waals surface area contributed by atoms with E-state index in [0.717, 1.165) is 0 Å². The summed E-state index contributed by atoms with van der Waals surface area (Å²) in [6.07, 6.45) is 24.1. The number of rotatable bonds is 18. The number of allylic oxidation sites excluding steroid dienone is 1. The van der Waals surface area contributed by atoms with Crippen LogP contribution >= 0.6 is 0 Å². The molecule has 0 fully saturated rings. The lowest BCUT2D eigenvalue weighted by Crippen LogP contribution is -3.00. The van der Waals surface area contributed by atoms with Crippen LogP contribution in [0.4, 0.5) is 0 Å². The van der Waals surface area contributed by atoms with E-state index in [1.807, 2.05) is 0 Å². The van der Waals surface area contributed by atoms with Gasteiger partial charge < -0.3 is 22.3 Å². The molecule has 0 heterocycles. The topological polar surface area (TPSA) is 16.6 Å². The highest BCUT2D eigenvalue weighted by atomic mass is 79.9. The van der Waals surface area contributed by atoms with Gasteiger partial charge in [0.25, 0.3) is 0 Å². The summed E-state index contributed by atoms with van der Waals surface area (Å²) < 4.78 is 0. The maximum atomic E-state index is 2.44. The van der Waals surface area contributed by atoms with Gasteiger partial charge in [0.15, 0.2) is 0 Å². The summed E-state index contributed by atoms with van der Waals surface area (Å²) in [6.45, 7) is 9.14. The summed E-state index contributed by atoms with van der Waals surface area (Å²) in [6, 6.07) is 0. The summed E-state index contributed by atoms with van der Waals surface area (Å²) in [7, 11) is 0. The van der Waals surface area contributed by atoms with Gasteiger partial charge in [0.2, 0.25) is 0 Å². The molecule has 0 aromatic carbocycles. The van der Waals surface area contributed by atoms with E-state index in [9.17, 15) is 0 Å². The van der Waals surface area contributed by atoms with Gasteiger partial charge in [0.1, 0.15) is 0 Å². The lowest BCUT2D eigenvalue weighted by Gasteiger charge is -2.03. The van der Waals surface area contributed by atoms with Crippen molar-refractivity contribution in [3.63, 3.8) is 0 Å². The third kappa shape index (κ3) is 24.4. The number of unbranched alkanes of at least 4 members (excludes halogenated alkanes) is 14. The van der Waals surface area contributed by atoms with Gasteiger partial charge in [-0.25, -0.2) is 0 Å². The van der Waals surface area contributed by atoms with Gasteiger partial charge in [-0.1, -0.05) is 96.0 Å². The van der Waals surface area contributed by atoms with Gasteiger partial charge in [0, 0.05) is 0 Å². The van der Waals surface area contributed by atoms with Crippen molar-refractivity contribution in [1.82, 2.24) is 0 Å². The van der Waals surface area contributed by atoms with Crippen molar-refractivity contribution in [1.29, 1.82) is 0 Å². The fourth-order valence-electron chi connectivity index (χ4n) is 3.10. The maximum Gasteiger partial charge on any atom is 0.0944 e. The monoisotopic (exact) mass is 403 g/mol. The molecule has 0 rings (SSSR count). The SMILES string of the molecule is CCCCCCCCCCCCCCCCC[NH2+]CC=C(C)C.[Br-]. The Hall–Kier alpha value is 0.180. The smallest absolute Gasteiger partial charge is 0.0944 e. The lowest BCUT2D eigenvalue weighted by molar-refractivity contribution is -0.646. The largest absolute Gasteiger partial charge is 1.00 e. The molecule has 0 amide bonds. The molecule has 0 spiro atoms. The van der Waals surface area contributed by atoms with Gasteiger partial charge in [-0.3, -0.25) is 0 Å². The van der Waals surface area contributed by atoms with E-state index >= 15 is 0 Å². The average Bonchev–Trinajstić information content (AvgIpc) is 2.53. The molecule has 0 aliphatic rings. The molecule has 0 aliphatic heterocycles. The Morgan fingerprint density at radius 1 is 0.625 bits per heavy atom. The molecular weight excluding hydrogens is 358 g/mol. The average molecular weight is 405 g/mol. The molecular formula is C22H46BrN. The number of hydrogen-bond acceptors (Lipinski definition) is 0. The second-order valence-electron chi connectivity index (χ2n) is 7.54. The van der Waals surface area contributed by atoms with Crippen molar-refractivity contribution in [2.24, 2.45) is 0 Å². The summed E-state index contributed by atoms with van der Waals surface area (Å²) in [4.78, 5) is 0. The molecule has 2 heteroatoms. The Bertz CT molecular complexity index is 246. The third-order valence-electron chi connectivity index (χ3n) is 4.70. The number of quaternary nitrogens is 1. The fourth-order valence-corrected chi connectivity index (χ4v) is 3.10. The first-order valence-corrected chi connectivity index (χ1v) is 10.7. The molecule has 0 unspecified atom stereocenters. The molecule has 146 valence electrons. The number of halogens is 1. The van der Waals surface area contributed by atoms with Crippen LogP contribution in [0.15, 0.2) is 11.6 Å². The van der Waals surface area contributed by atoms with Crippen LogP contribution in [0.2, 0.25) is 0 Å². The summed E-state index contributed by atoms with van der Waals surface area (Å²) in [5.41, 5.74) is 1.44. The molecule has 0 saturated heterocycles. The van der Waals surface area contributed by atoms with Crippen LogP contribution in [-0.4, -0.2) is 13.1 Å². The molecule has 2 N–H and O–H groups in total. The number of nitrogens with two attached hydrogens (primary N) is 1. The van der Waals surface area contributed by atoms with Crippen molar-refractivity contribution in [2.75, 3.05) is 13.1 Å². The highest BCUT2D eigenvalue weighted by molar-refractivity contribution is 4.91. The Balaban J connectivity index is 0. The zero-order valence-corrected chi connectivity index (χ0v) is 18.6. The van der Waals surface area contributed by atoms with Gasteiger partial charge in [0.05, 0.1) is 13.1 Å². The van der Waals surface area contributed by atoms with E-state index in [4.69, 9.17) is 0 Å². The van der Waals surface area contributed by atoms with Crippen molar-refractivity contribution >= 4 is 0 Å². The Labute approximate surface area is 164 Å². The highest BCUT2D eigenvalue weighted by Gasteiger charge is 1.95. The van der Waals surface area contributed by atoms with E-state index in [0.29, 0.717) is 0 Å². The highest BCUT2D eigenvalue weighted by Crippen LogP contribution is 2.13. The normalized spacial score (nSPS) is 10.5. The Kier molecular flexibility index (Phi) is 25.5. The predicted molar refractivity (Wildman–Crippen MR) is 106 cm³/mol. The standard InChI is InChI=1S/C22H45N.BrH/c1-4-5-6-7-8-9-10-11-12-13-14-15-16-17-18-20-23-21-19-22(2)3;/h19,23H,4-18,20-21H2,1-3H3;1H. The van der Waals surface area contributed by atoms with Crippen LogP contribution in [0.1, 0.15) is 117 Å². The van der Waals surface area contributed by atoms with Crippen LogP contribution in [0.25, 0.3) is 0 Å². The molecule has 24 heavy (non-hydrogen) atoms. The van der Waals surface area contributed by atoms with Gasteiger partial charge in [-0.15, -0.1) is 0 Å². The molecule has 1 nitrogen and oxygen atoms in total. The zero-order valence-electron chi connectivity index (χ0n) is 17.1. The summed E-state index contributed by atoms with van der Waals surface area (Å²) in [5, 5.41) is 2.44. The predicted octanol–water partition coefficient (Wildman–Crippen LogP) is 3.39. The molecule has 0 radical (unpaired) electrons. The van der Waals surface area contributed by atoms with Crippen molar-refractivity contribution < 1.29 is 22.3 Å². The lowest BCUT2D eigenvalue weighted by atomic mass is 10.0. The van der Waals surface area contributed by atoms with Crippen LogP contribution in [0.5, 0.6) is 0 Å². The second-order valence-corrected chi connectivity index (χ2v) is 7.54. The van der Waals surface area contributed by atoms with E-state index in [1.165, 1.54) is 115 Å². The van der Waals surface area contributed by atoms with E-state index in [1.54, 1.807) is 0 Å².